The lowest BCUT2D eigenvalue weighted by molar-refractivity contribution is -0.00452. The first-order chi connectivity index (χ1) is 10.6. The average molecular weight is 328 g/mol. The van der Waals surface area contributed by atoms with Crippen LogP contribution in [0.2, 0.25) is 0 Å². The molecular formula is C15H21FN2O3S. The van der Waals surface area contributed by atoms with Gasteiger partial charge in [-0.3, -0.25) is 0 Å². The molecule has 2 aliphatic heterocycles. The zero-order valence-electron chi connectivity index (χ0n) is 12.4. The molecule has 0 N–H and O–H groups in total. The largest absolute Gasteiger partial charge is 0.371 e. The Morgan fingerprint density at radius 1 is 1.00 bits per heavy atom. The minimum atomic E-state index is -3.42. The molecule has 0 radical (unpaired) electrons. The quantitative estimate of drug-likeness (QED) is 0.852. The first kappa shape index (κ1) is 15.9. The van der Waals surface area contributed by atoms with E-state index in [1.54, 1.807) is 16.4 Å². The van der Waals surface area contributed by atoms with Crippen LogP contribution in [0.5, 0.6) is 0 Å². The number of nitrogens with zero attached hydrogens (tertiary/aromatic N) is 2. The molecule has 0 aliphatic carbocycles. The number of hydrogen-bond donors (Lipinski definition) is 0. The molecule has 0 saturated carbocycles. The van der Waals surface area contributed by atoms with Gasteiger partial charge in [-0.2, -0.15) is 17.0 Å². The van der Waals surface area contributed by atoms with E-state index in [4.69, 9.17) is 4.74 Å². The molecule has 0 amide bonds. The van der Waals surface area contributed by atoms with E-state index in [9.17, 15) is 12.8 Å². The summed E-state index contributed by atoms with van der Waals surface area (Å²) in [4.78, 5) is 0. The summed E-state index contributed by atoms with van der Waals surface area (Å²) >= 11 is 0. The summed E-state index contributed by atoms with van der Waals surface area (Å²) in [5.74, 6) is -0.308. The lowest BCUT2D eigenvalue weighted by Crippen LogP contribution is -2.50. The summed E-state index contributed by atoms with van der Waals surface area (Å²) < 4.78 is 47.2. The number of piperidine rings is 1. The zero-order valence-corrected chi connectivity index (χ0v) is 13.3. The summed E-state index contributed by atoms with van der Waals surface area (Å²) in [7, 11) is -3.42. The third-order valence-electron chi connectivity index (χ3n) is 4.24. The summed E-state index contributed by atoms with van der Waals surface area (Å²) in [6.45, 7) is 2.21. The molecule has 3 rings (SSSR count). The molecule has 2 fully saturated rings. The van der Waals surface area contributed by atoms with Gasteiger partial charge in [0, 0.05) is 26.2 Å². The maximum atomic E-state index is 13.0. The average Bonchev–Trinajstić information content (AvgIpc) is 2.56. The molecular weight excluding hydrogens is 307 g/mol. The van der Waals surface area contributed by atoms with Crippen LogP contribution in [-0.2, 0) is 14.9 Å². The molecule has 22 heavy (non-hydrogen) atoms. The number of benzene rings is 1. The van der Waals surface area contributed by atoms with Crippen LogP contribution in [0, 0.1) is 5.82 Å². The van der Waals surface area contributed by atoms with Crippen LogP contribution in [0.3, 0.4) is 0 Å². The standard InChI is InChI=1S/C15H21FN2O3S/c16-14-6-4-13(5-7-14)15-12-18(10-11-21-15)22(19,20)17-8-2-1-3-9-17/h4-7,15H,1-3,8-12H2/t15-/m1/s1. The van der Waals surface area contributed by atoms with Gasteiger partial charge < -0.3 is 4.74 Å². The fraction of sp³-hybridized carbons (Fsp3) is 0.600. The Morgan fingerprint density at radius 2 is 1.68 bits per heavy atom. The Bertz CT molecular complexity index is 600. The predicted molar refractivity (Wildman–Crippen MR) is 81.0 cm³/mol. The fourth-order valence-corrected chi connectivity index (χ4v) is 4.65. The number of halogens is 1. The summed E-state index contributed by atoms with van der Waals surface area (Å²) in [5, 5.41) is 0. The molecule has 7 heteroatoms. The van der Waals surface area contributed by atoms with Gasteiger partial charge in [0.05, 0.1) is 12.7 Å². The fourth-order valence-electron chi connectivity index (χ4n) is 2.97. The second kappa shape index (κ2) is 6.62. The van der Waals surface area contributed by atoms with Crippen molar-refractivity contribution >= 4 is 10.2 Å². The van der Waals surface area contributed by atoms with Crippen LogP contribution in [0.25, 0.3) is 0 Å². The van der Waals surface area contributed by atoms with Crippen molar-refractivity contribution in [1.82, 2.24) is 8.61 Å². The van der Waals surface area contributed by atoms with E-state index in [2.05, 4.69) is 0 Å². The smallest absolute Gasteiger partial charge is 0.282 e. The van der Waals surface area contributed by atoms with Crippen LogP contribution in [0.15, 0.2) is 24.3 Å². The molecule has 0 bridgehead atoms. The Kier molecular flexibility index (Phi) is 4.77. The monoisotopic (exact) mass is 328 g/mol. The van der Waals surface area contributed by atoms with Gasteiger partial charge in [-0.15, -0.1) is 0 Å². The molecule has 0 unspecified atom stereocenters. The van der Waals surface area contributed by atoms with E-state index in [0.29, 0.717) is 26.2 Å². The molecule has 0 spiro atoms. The van der Waals surface area contributed by atoms with Gasteiger partial charge in [-0.05, 0) is 30.5 Å². The van der Waals surface area contributed by atoms with E-state index in [-0.39, 0.29) is 18.5 Å². The second-order valence-electron chi connectivity index (χ2n) is 5.74. The van der Waals surface area contributed by atoms with E-state index in [1.165, 1.54) is 16.4 Å². The van der Waals surface area contributed by atoms with Crippen LogP contribution < -0.4 is 0 Å². The Morgan fingerprint density at radius 3 is 2.36 bits per heavy atom. The minimum Gasteiger partial charge on any atom is -0.371 e. The van der Waals surface area contributed by atoms with Crippen molar-refractivity contribution in [3.63, 3.8) is 0 Å². The Balaban J connectivity index is 1.73. The van der Waals surface area contributed by atoms with Gasteiger partial charge in [-0.25, -0.2) is 4.39 Å². The summed E-state index contributed by atoms with van der Waals surface area (Å²) in [6.07, 6.45) is 2.59. The van der Waals surface area contributed by atoms with Crippen molar-refractivity contribution in [2.75, 3.05) is 32.8 Å². The van der Waals surface area contributed by atoms with Crippen molar-refractivity contribution in [1.29, 1.82) is 0 Å². The van der Waals surface area contributed by atoms with Crippen LogP contribution in [-0.4, -0.2) is 49.8 Å². The summed E-state index contributed by atoms with van der Waals surface area (Å²) in [5.41, 5.74) is 0.806. The molecule has 122 valence electrons. The van der Waals surface area contributed by atoms with Gasteiger partial charge in [0.15, 0.2) is 0 Å². The lowest BCUT2D eigenvalue weighted by atomic mass is 10.1. The van der Waals surface area contributed by atoms with Crippen molar-refractivity contribution < 1.29 is 17.5 Å². The molecule has 2 heterocycles. The van der Waals surface area contributed by atoms with Gasteiger partial charge in [0.2, 0.25) is 0 Å². The third kappa shape index (κ3) is 3.32. The zero-order chi connectivity index (χ0) is 15.6. The van der Waals surface area contributed by atoms with Gasteiger partial charge in [0.1, 0.15) is 5.82 Å². The number of hydrogen-bond acceptors (Lipinski definition) is 3. The van der Waals surface area contributed by atoms with Gasteiger partial charge in [0.25, 0.3) is 10.2 Å². The van der Waals surface area contributed by atoms with Crippen LogP contribution in [0.4, 0.5) is 4.39 Å². The van der Waals surface area contributed by atoms with Crippen molar-refractivity contribution in [2.24, 2.45) is 0 Å². The van der Waals surface area contributed by atoms with E-state index in [0.717, 1.165) is 24.8 Å². The highest BCUT2D eigenvalue weighted by Gasteiger charge is 2.35. The molecule has 1 atom stereocenters. The molecule has 2 saturated heterocycles. The highest BCUT2D eigenvalue weighted by atomic mass is 32.2. The van der Waals surface area contributed by atoms with Crippen molar-refractivity contribution in [3.8, 4) is 0 Å². The normalized spacial score (nSPS) is 25.2. The highest BCUT2D eigenvalue weighted by molar-refractivity contribution is 7.86. The molecule has 0 aromatic heterocycles. The van der Waals surface area contributed by atoms with Crippen LogP contribution >= 0.6 is 0 Å². The van der Waals surface area contributed by atoms with Crippen LogP contribution in [0.1, 0.15) is 30.9 Å². The number of ether oxygens (including phenoxy) is 1. The van der Waals surface area contributed by atoms with E-state index >= 15 is 0 Å². The number of rotatable bonds is 3. The summed E-state index contributed by atoms with van der Waals surface area (Å²) in [6, 6.07) is 6.04. The molecule has 5 nitrogen and oxygen atoms in total. The second-order valence-corrected chi connectivity index (χ2v) is 7.66. The predicted octanol–water partition coefficient (Wildman–Crippen LogP) is 1.93. The van der Waals surface area contributed by atoms with E-state index in [1.807, 2.05) is 0 Å². The Hall–Kier alpha value is -1.02. The van der Waals surface area contributed by atoms with E-state index < -0.39 is 10.2 Å². The van der Waals surface area contributed by atoms with Crippen molar-refractivity contribution in [3.05, 3.63) is 35.6 Å². The Labute approximate surface area is 130 Å². The lowest BCUT2D eigenvalue weighted by Gasteiger charge is -2.36. The minimum absolute atomic E-state index is 0.282. The molecule has 1 aromatic rings. The third-order valence-corrected chi connectivity index (χ3v) is 6.24. The topological polar surface area (TPSA) is 49.9 Å². The first-order valence-corrected chi connectivity index (χ1v) is 9.09. The highest BCUT2D eigenvalue weighted by Crippen LogP contribution is 2.26. The van der Waals surface area contributed by atoms with Gasteiger partial charge >= 0.3 is 0 Å². The maximum absolute atomic E-state index is 13.0. The SMILES string of the molecule is O=S(=O)(N1CCCCC1)N1CCO[C@@H](c2ccc(F)cc2)C1. The first-order valence-electron chi connectivity index (χ1n) is 7.70. The number of morpholine rings is 1. The molecule has 1 aromatic carbocycles. The molecule has 2 aliphatic rings. The van der Waals surface area contributed by atoms with Gasteiger partial charge in [-0.1, -0.05) is 18.6 Å². The maximum Gasteiger partial charge on any atom is 0.282 e. The van der Waals surface area contributed by atoms with Crippen molar-refractivity contribution in [2.45, 2.75) is 25.4 Å².